The van der Waals surface area contributed by atoms with E-state index in [-0.39, 0.29) is 11.3 Å². The van der Waals surface area contributed by atoms with Gasteiger partial charge in [0.25, 0.3) is 0 Å². The first-order valence-corrected chi connectivity index (χ1v) is 5.77. The molecule has 16 heavy (non-hydrogen) atoms. The van der Waals surface area contributed by atoms with Gasteiger partial charge in [0.2, 0.25) is 0 Å². The Hall–Kier alpha value is -0.560. The van der Waals surface area contributed by atoms with Gasteiger partial charge in [-0.15, -0.1) is 0 Å². The Morgan fingerprint density at radius 2 is 1.94 bits per heavy atom. The molecule has 92 valence electrons. The molecule has 4 atom stereocenters. The maximum absolute atomic E-state index is 10.3. The van der Waals surface area contributed by atoms with Crippen molar-refractivity contribution in [3.63, 3.8) is 0 Å². The smallest absolute Gasteiger partial charge is 0.126 e. The zero-order valence-corrected chi connectivity index (χ0v) is 10.5. The number of aliphatic hydroxyl groups is 3. The third kappa shape index (κ3) is 2.98. The zero-order chi connectivity index (χ0) is 12.6. The first-order chi connectivity index (χ1) is 7.16. The van der Waals surface area contributed by atoms with Crippen LogP contribution in [-0.2, 0) is 0 Å². The largest absolute Gasteiger partial charge is 0.392 e. The summed E-state index contributed by atoms with van der Waals surface area (Å²) in [6, 6.07) is 0. The summed E-state index contributed by atoms with van der Waals surface area (Å²) in [5.41, 5.74) is -1.43. The van der Waals surface area contributed by atoms with Crippen LogP contribution in [0.2, 0.25) is 0 Å². The fourth-order valence-electron chi connectivity index (χ4n) is 2.68. The van der Waals surface area contributed by atoms with Crippen molar-refractivity contribution in [1.29, 1.82) is 0 Å². The normalized spacial score (nSPS) is 39.7. The SMILES string of the molecule is CC(O)C#CC1(O)CC(C)C(O)C(C)(C)C1. The molecule has 0 aromatic rings. The van der Waals surface area contributed by atoms with Crippen molar-refractivity contribution in [1.82, 2.24) is 0 Å². The van der Waals surface area contributed by atoms with E-state index in [9.17, 15) is 10.2 Å². The molecular formula is C13H22O3. The lowest BCUT2D eigenvalue weighted by molar-refractivity contribution is -0.0994. The van der Waals surface area contributed by atoms with E-state index in [0.29, 0.717) is 12.8 Å². The summed E-state index contributed by atoms with van der Waals surface area (Å²) in [6.45, 7) is 7.36. The molecule has 1 aliphatic carbocycles. The van der Waals surface area contributed by atoms with Crippen LogP contribution in [0.15, 0.2) is 0 Å². The van der Waals surface area contributed by atoms with Gasteiger partial charge in [0.15, 0.2) is 0 Å². The molecule has 0 heterocycles. The molecule has 0 radical (unpaired) electrons. The molecule has 0 saturated heterocycles. The molecule has 3 nitrogen and oxygen atoms in total. The molecule has 0 aromatic carbocycles. The standard InChI is InChI=1S/C13H22O3/c1-9-7-13(16,6-5-10(2)14)8-12(3,4)11(9)15/h9-11,14-16H,7-8H2,1-4H3. The van der Waals surface area contributed by atoms with E-state index >= 15 is 0 Å². The number of hydrogen-bond donors (Lipinski definition) is 3. The Balaban J connectivity index is 2.89. The summed E-state index contributed by atoms with van der Waals surface area (Å²) >= 11 is 0. The Labute approximate surface area is 97.5 Å². The fraction of sp³-hybridized carbons (Fsp3) is 0.846. The molecular weight excluding hydrogens is 204 g/mol. The van der Waals surface area contributed by atoms with Crippen LogP contribution in [0, 0.1) is 23.2 Å². The second-order valence-corrected chi connectivity index (χ2v) is 5.77. The topological polar surface area (TPSA) is 60.7 Å². The first-order valence-electron chi connectivity index (χ1n) is 5.77. The monoisotopic (exact) mass is 226 g/mol. The second kappa shape index (κ2) is 4.37. The van der Waals surface area contributed by atoms with Gasteiger partial charge >= 0.3 is 0 Å². The molecule has 0 bridgehead atoms. The third-order valence-corrected chi connectivity index (χ3v) is 3.26. The summed E-state index contributed by atoms with van der Waals surface area (Å²) in [6.07, 6.45) is -0.252. The van der Waals surface area contributed by atoms with Crippen LogP contribution in [-0.4, -0.2) is 33.1 Å². The Morgan fingerprint density at radius 3 is 2.38 bits per heavy atom. The molecule has 3 N–H and O–H groups in total. The molecule has 0 spiro atoms. The average Bonchev–Trinajstić information content (AvgIpc) is 2.11. The molecule has 3 heteroatoms. The number of hydrogen-bond acceptors (Lipinski definition) is 3. The summed E-state index contributed by atoms with van der Waals surface area (Å²) in [5, 5.41) is 29.5. The maximum Gasteiger partial charge on any atom is 0.126 e. The highest BCUT2D eigenvalue weighted by Crippen LogP contribution is 2.43. The van der Waals surface area contributed by atoms with Crippen LogP contribution in [0.3, 0.4) is 0 Å². The zero-order valence-electron chi connectivity index (χ0n) is 10.5. The summed E-state index contributed by atoms with van der Waals surface area (Å²) in [4.78, 5) is 0. The van der Waals surface area contributed by atoms with Gasteiger partial charge in [-0.2, -0.15) is 0 Å². The van der Waals surface area contributed by atoms with Gasteiger partial charge in [-0.05, 0) is 31.1 Å². The second-order valence-electron chi connectivity index (χ2n) is 5.77. The van der Waals surface area contributed by atoms with E-state index in [0.717, 1.165) is 0 Å². The predicted octanol–water partition coefficient (Wildman–Crippen LogP) is 0.919. The number of aliphatic hydroxyl groups excluding tert-OH is 2. The van der Waals surface area contributed by atoms with Crippen LogP contribution in [0.4, 0.5) is 0 Å². The van der Waals surface area contributed by atoms with Crippen LogP contribution in [0.5, 0.6) is 0 Å². The molecule has 4 unspecified atom stereocenters. The van der Waals surface area contributed by atoms with Crippen molar-refractivity contribution in [2.75, 3.05) is 0 Å². The number of rotatable bonds is 0. The minimum atomic E-state index is -1.08. The van der Waals surface area contributed by atoms with Crippen molar-refractivity contribution in [2.45, 2.75) is 58.3 Å². The fourth-order valence-corrected chi connectivity index (χ4v) is 2.68. The Morgan fingerprint density at radius 1 is 1.38 bits per heavy atom. The predicted molar refractivity (Wildman–Crippen MR) is 62.6 cm³/mol. The van der Waals surface area contributed by atoms with Crippen molar-refractivity contribution in [3.8, 4) is 11.8 Å². The molecule has 0 amide bonds. The lowest BCUT2D eigenvalue weighted by Crippen LogP contribution is -2.50. The summed E-state index contributed by atoms with van der Waals surface area (Å²) in [5.74, 6) is 5.36. The van der Waals surface area contributed by atoms with Gasteiger partial charge in [0.1, 0.15) is 11.7 Å². The van der Waals surface area contributed by atoms with Gasteiger partial charge in [0, 0.05) is 0 Å². The minimum Gasteiger partial charge on any atom is -0.392 e. The van der Waals surface area contributed by atoms with Gasteiger partial charge in [-0.3, -0.25) is 0 Å². The summed E-state index contributed by atoms with van der Waals surface area (Å²) < 4.78 is 0. The molecule has 1 rings (SSSR count). The van der Waals surface area contributed by atoms with Gasteiger partial charge in [-0.1, -0.05) is 32.6 Å². The minimum absolute atomic E-state index is 0.0112. The molecule has 1 aliphatic rings. The lowest BCUT2D eigenvalue weighted by atomic mass is 9.64. The average molecular weight is 226 g/mol. The molecule has 0 aromatic heterocycles. The van der Waals surface area contributed by atoms with E-state index < -0.39 is 17.8 Å². The summed E-state index contributed by atoms with van der Waals surface area (Å²) in [7, 11) is 0. The van der Waals surface area contributed by atoms with E-state index in [1.54, 1.807) is 6.92 Å². The molecule has 0 aliphatic heterocycles. The van der Waals surface area contributed by atoms with Gasteiger partial charge in [0.05, 0.1) is 6.10 Å². The first kappa shape index (κ1) is 13.5. The van der Waals surface area contributed by atoms with Gasteiger partial charge < -0.3 is 15.3 Å². The van der Waals surface area contributed by atoms with Crippen molar-refractivity contribution in [3.05, 3.63) is 0 Å². The van der Waals surface area contributed by atoms with Crippen molar-refractivity contribution >= 4 is 0 Å². The van der Waals surface area contributed by atoms with Crippen molar-refractivity contribution < 1.29 is 15.3 Å². The maximum atomic E-state index is 10.3. The molecule has 1 fully saturated rings. The van der Waals surface area contributed by atoms with Gasteiger partial charge in [-0.25, -0.2) is 0 Å². The lowest BCUT2D eigenvalue weighted by Gasteiger charge is -2.45. The quantitative estimate of drug-likeness (QED) is 0.538. The van der Waals surface area contributed by atoms with E-state index in [4.69, 9.17) is 5.11 Å². The Bertz CT molecular complexity index is 311. The van der Waals surface area contributed by atoms with Crippen molar-refractivity contribution in [2.24, 2.45) is 11.3 Å². The Kier molecular flexibility index (Phi) is 3.69. The van der Waals surface area contributed by atoms with Crippen LogP contribution in [0.1, 0.15) is 40.5 Å². The van der Waals surface area contributed by atoms with Crippen LogP contribution < -0.4 is 0 Å². The van der Waals surface area contributed by atoms with E-state index in [1.807, 2.05) is 20.8 Å². The molecule has 1 saturated carbocycles. The van der Waals surface area contributed by atoms with Crippen LogP contribution >= 0.6 is 0 Å². The van der Waals surface area contributed by atoms with E-state index in [1.165, 1.54) is 0 Å². The highest BCUT2D eigenvalue weighted by Gasteiger charge is 2.46. The third-order valence-electron chi connectivity index (χ3n) is 3.26. The highest BCUT2D eigenvalue weighted by molar-refractivity contribution is 5.19. The van der Waals surface area contributed by atoms with E-state index in [2.05, 4.69) is 11.8 Å². The highest BCUT2D eigenvalue weighted by atomic mass is 16.3. The van der Waals surface area contributed by atoms with Crippen LogP contribution in [0.25, 0.3) is 0 Å².